The number of hydrogen-bond acceptors (Lipinski definition) is 10. The summed E-state index contributed by atoms with van der Waals surface area (Å²) in [5, 5.41) is 30.9. The van der Waals surface area contributed by atoms with Gasteiger partial charge >= 0.3 is 0 Å². The lowest BCUT2D eigenvalue weighted by atomic mass is 9.97. The number of allylic oxidation sites excluding steroid dienone is 1. The molecule has 2 aromatic rings. The van der Waals surface area contributed by atoms with Crippen LogP contribution in [0, 0.1) is 0 Å². The van der Waals surface area contributed by atoms with Crippen LogP contribution in [0.3, 0.4) is 0 Å². The third-order valence-corrected chi connectivity index (χ3v) is 6.95. The molecule has 2 amide bonds. The normalized spacial score (nSPS) is 11.1. The first kappa shape index (κ1) is 43.8. The largest absolute Gasteiger partial charge is 0.492 e. The Bertz CT molecular complexity index is 1550. The van der Waals surface area contributed by atoms with E-state index < -0.39 is 16.7 Å². The third kappa shape index (κ3) is 16.4. The molecule has 2 rings (SSSR count). The number of nitrogens with one attached hydrogen (secondary N) is 4. The van der Waals surface area contributed by atoms with Gasteiger partial charge in [0.05, 0.1) is 13.1 Å². The third-order valence-electron chi connectivity index (χ3n) is 6.95. The second kappa shape index (κ2) is 19.9. The SMILES string of the molecule is C=C(C)C(=C)NC(C)(C)C(=O)NCCOc1ccc(C(=O)C(C)(C)O)cc1.C=CC(=O)NCC(=C)NCCOc1ccc(C(=O)C(C)(C)O)cc1. The predicted molar refractivity (Wildman–Crippen MR) is 200 cm³/mol. The van der Waals surface area contributed by atoms with Gasteiger partial charge in [0.25, 0.3) is 0 Å². The number of aliphatic hydroxyl groups is 2. The molecule has 6 N–H and O–H groups in total. The molecular weight excluding hydrogens is 652 g/mol. The molecule has 0 aromatic heterocycles. The van der Waals surface area contributed by atoms with E-state index in [1.807, 2.05) is 6.92 Å². The van der Waals surface area contributed by atoms with E-state index in [0.717, 1.165) is 5.57 Å². The molecule has 51 heavy (non-hydrogen) atoms. The van der Waals surface area contributed by atoms with Crippen LogP contribution >= 0.6 is 0 Å². The number of rotatable bonds is 20. The minimum Gasteiger partial charge on any atom is -0.492 e. The van der Waals surface area contributed by atoms with Crippen molar-refractivity contribution >= 4 is 23.4 Å². The summed E-state index contributed by atoms with van der Waals surface area (Å²) in [6, 6.07) is 13.1. The maximum absolute atomic E-state index is 12.3. The Labute approximate surface area is 301 Å². The van der Waals surface area contributed by atoms with E-state index in [1.54, 1.807) is 62.4 Å². The fraction of sp³-hybridized carbons (Fsp3) is 0.385. The molecule has 12 heteroatoms. The van der Waals surface area contributed by atoms with Crippen LogP contribution in [0.25, 0.3) is 0 Å². The summed E-state index contributed by atoms with van der Waals surface area (Å²) in [6.07, 6.45) is 1.20. The number of carbonyl (C=O) groups excluding carboxylic acids is 4. The molecule has 0 saturated heterocycles. The topological polar surface area (TPSA) is 175 Å². The molecule has 2 aromatic carbocycles. The zero-order valence-corrected chi connectivity index (χ0v) is 30.9. The first-order chi connectivity index (χ1) is 23.6. The smallest absolute Gasteiger partial charge is 0.245 e. The number of benzene rings is 2. The van der Waals surface area contributed by atoms with Crippen molar-refractivity contribution in [2.45, 2.75) is 65.2 Å². The van der Waals surface area contributed by atoms with Crippen molar-refractivity contribution in [2.75, 3.05) is 32.8 Å². The number of ether oxygens (including phenoxy) is 2. The molecule has 0 aliphatic heterocycles. The fourth-order valence-electron chi connectivity index (χ4n) is 3.93. The molecule has 0 spiro atoms. The van der Waals surface area contributed by atoms with Gasteiger partial charge < -0.3 is 41.0 Å². The Balaban J connectivity index is 0.000000514. The monoisotopic (exact) mass is 706 g/mol. The van der Waals surface area contributed by atoms with Crippen molar-refractivity contribution in [3.63, 3.8) is 0 Å². The molecule has 0 bridgehead atoms. The highest BCUT2D eigenvalue weighted by molar-refractivity contribution is 6.02. The number of carbonyl (C=O) groups is 4. The second-order valence-electron chi connectivity index (χ2n) is 13.2. The Hall–Kier alpha value is -5.20. The number of ketones is 2. The van der Waals surface area contributed by atoms with Gasteiger partial charge in [-0.15, -0.1) is 0 Å². The van der Waals surface area contributed by atoms with Crippen LogP contribution in [0.1, 0.15) is 69.2 Å². The second-order valence-corrected chi connectivity index (χ2v) is 13.2. The summed E-state index contributed by atoms with van der Waals surface area (Å²) in [5.74, 6) is 0.0646. The fourth-order valence-corrected chi connectivity index (χ4v) is 3.93. The first-order valence-electron chi connectivity index (χ1n) is 16.3. The Morgan fingerprint density at radius 3 is 1.49 bits per heavy atom. The highest BCUT2D eigenvalue weighted by atomic mass is 16.5. The molecule has 0 aliphatic rings. The number of Topliss-reactive ketones (excluding diaryl/α,β-unsaturated/α-hetero) is 2. The van der Waals surface area contributed by atoms with Gasteiger partial charge in [-0.2, -0.15) is 0 Å². The van der Waals surface area contributed by atoms with Crippen molar-refractivity contribution in [3.8, 4) is 11.5 Å². The van der Waals surface area contributed by atoms with E-state index in [1.165, 1.54) is 33.8 Å². The minimum atomic E-state index is -1.41. The van der Waals surface area contributed by atoms with Crippen LogP contribution in [0.5, 0.6) is 11.5 Å². The zero-order valence-electron chi connectivity index (χ0n) is 30.9. The van der Waals surface area contributed by atoms with Gasteiger partial charge in [0, 0.05) is 29.1 Å². The average Bonchev–Trinajstić information content (AvgIpc) is 3.06. The van der Waals surface area contributed by atoms with E-state index in [4.69, 9.17) is 9.47 Å². The summed E-state index contributed by atoms with van der Waals surface area (Å²) >= 11 is 0. The van der Waals surface area contributed by atoms with Gasteiger partial charge in [-0.05, 0) is 109 Å². The standard InChI is InChI=1S/C21H30N2O4.C18H24N2O4/c1-14(2)15(3)23-20(4,5)19(25)22-12-13-27-17-10-8-16(9-11-17)18(24)21(6,7)26;1-5-16(21)20-12-13(2)19-10-11-24-15-8-6-14(7-9-15)17(22)18(3,4)23/h8-11,23,26H,1,3,12-13H2,2,4-7H3,(H,22,25);5-9,19,23H,1-2,10-12H2,3-4H3,(H,20,21). The van der Waals surface area contributed by atoms with Crippen LogP contribution < -0.4 is 30.7 Å². The molecule has 0 heterocycles. The number of hydrogen-bond donors (Lipinski definition) is 6. The van der Waals surface area contributed by atoms with Crippen LogP contribution in [-0.4, -0.2) is 83.2 Å². The molecule has 0 aliphatic carbocycles. The maximum Gasteiger partial charge on any atom is 0.245 e. The minimum absolute atomic E-state index is 0.181. The van der Waals surface area contributed by atoms with E-state index in [9.17, 15) is 29.4 Å². The number of amides is 2. The van der Waals surface area contributed by atoms with Crippen LogP contribution in [0.15, 0.2) is 97.9 Å². The first-order valence-corrected chi connectivity index (χ1v) is 16.3. The van der Waals surface area contributed by atoms with Gasteiger partial charge in [0.15, 0.2) is 11.6 Å². The molecular formula is C39H54N4O8. The average molecular weight is 707 g/mol. The summed E-state index contributed by atoms with van der Waals surface area (Å²) in [4.78, 5) is 47.2. The van der Waals surface area contributed by atoms with E-state index in [2.05, 4.69) is 47.6 Å². The Kier molecular flexibility index (Phi) is 17.1. The molecule has 278 valence electrons. The summed E-state index contributed by atoms with van der Waals surface area (Å²) in [6.45, 7) is 27.8. The van der Waals surface area contributed by atoms with Gasteiger partial charge in [0.2, 0.25) is 11.8 Å². The molecule has 0 atom stereocenters. The van der Waals surface area contributed by atoms with Crippen LogP contribution in [0.2, 0.25) is 0 Å². The zero-order chi connectivity index (χ0) is 39.0. The van der Waals surface area contributed by atoms with Gasteiger partial charge in [-0.25, -0.2) is 0 Å². The van der Waals surface area contributed by atoms with Gasteiger partial charge in [-0.1, -0.05) is 26.3 Å². The predicted octanol–water partition coefficient (Wildman–Crippen LogP) is 4.02. The van der Waals surface area contributed by atoms with Gasteiger partial charge in [0.1, 0.15) is 41.5 Å². The summed E-state index contributed by atoms with van der Waals surface area (Å²) < 4.78 is 11.1. The Morgan fingerprint density at radius 1 is 0.706 bits per heavy atom. The van der Waals surface area contributed by atoms with Crippen molar-refractivity contribution in [2.24, 2.45) is 0 Å². The highest BCUT2D eigenvalue weighted by Crippen LogP contribution is 2.18. The van der Waals surface area contributed by atoms with E-state index in [0.29, 0.717) is 60.3 Å². The molecule has 0 radical (unpaired) electrons. The molecule has 0 fully saturated rings. The summed E-state index contributed by atoms with van der Waals surface area (Å²) in [7, 11) is 0. The molecule has 0 saturated carbocycles. The lowest BCUT2D eigenvalue weighted by Gasteiger charge is -2.27. The van der Waals surface area contributed by atoms with Crippen molar-refractivity contribution in [3.05, 3.63) is 109 Å². The Morgan fingerprint density at radius 2 is 1.12 bits per heavy atom. The lowest BCUT2D eigenvalue weighted by Crippen LogP contribution is -2.52. The van der Waals surface area contributed by atoms with Crippen molar-refractivity contribution < 1.29 is 38.9 Å². The van der Waals surface area contributed by atoms with Crippen molar-refractivity contribution in [1.29, 1.82) is 0 Å². The van der Waals surface area contributed by atoms with Crippen molar-refractivity contribution in [1.82, 2.24) is 21.3 Å². The highest BCUT2D eigenvalue weighted by Gasteiger charge is 2.28. The lowest BCUT2D eigenvalue weighted by molar-refractivity contribution is -0.126. The van der Waals surface area contributed by atoms with Crippen LogP contribution in [0.4, 0.5) is 0 Å². The van der Waals surface area contributed by atoms with Crippen LogP contribution in [-0.2, 0) is 9.59 Å². The van der Waals surface area contributed by atoms with Gasteiger partial charge in [-0.3, -0.25) is 19.2 Å². The molecule has 12 nitrogen and oxygen atoms in total. The maximum atomic E-state index is 12.3. The van der Waals surface area contributed by atoms with E-state index >= 15 is 0 Å². The molecule has 0 unspecified atom stereocenters. The van der Waals surface area contributed by atoms with E-state index in [-0.39, 0.29) is 30.0 Å². The quantitative estimate of drug-likeness (QED) is 0.0511. The summed E-state index contributed by atoms with van der Waals surface area (Å²) in [5.41, 5.74) is -0.739.